The first-order valence-corrected chi connectivity index (χ1v) is 5.59. The van der Waals surface area contributed by atoms with Gasteiger partial charge in [-0.3, -0.25) is 4.79 Å². The number of aliphatic hydroxyl groups excluding tert-OH is 1. The van der Waals surface area contributed by atoms with Crippen LogP contribution in [0.1, 0.15) is 0 Å². The van der Waals surface area contributed by atoms with E-state index in [0.29, 0.717) is 10.7 Å². The number of amides is 1. The monoisotopic (exact) mass is 278 g/mol. The highest BCUT2D eigenvalue weighted by atomic mass is 35.5. The third-order valence-corrected chi connectivity index (χ3v) is 2.27. The molecular formula is C11H13ClF2N2O2. The highest BCUT2D eigenvalue weighted by Gasteiger charge is 2.16. The van der Waals surface area contributed by atoms with Crippen molar-refractivity contribution < 1.29 is 18.7 Å². The largest absolute Gasteiger partial charge is 0.386 e. The second kappa shape index (κ2) is 7.25. The molecule has 0 fully saturated rings. The van der Waals surface area contributed by atoms with E-state index in [-0.39, 0.29) is 13.1 Å². The number of carbonyl (C=O) groups excluding carboxylic acids is 1. The Hall–Kier alpha value is -1.24. The summed E-state index contributed by atoms with van der Waals surface area (Å²) < 4.78 is 23.9. The minimum Gasteiger partial charge on any atom is -0.386 e. The Morgan fingerprint density at radius 1 is 1.44 bits per heavy atom. The average Bonchev–Trinajstić information content (AvgIpc) is 2.28. The van der Waals surface area contributed by atoms with E-state index in [2.05, 4.69) is 10.6 Å². The van der Waals surface area contributed by atoms with Gasteiger partial charge in [-0.2, -0.15) is 0 Å². The fraction of sp³-hybridized carbons (Fsp3) is 0.364. The van der Waals surface area contributed by atoms with Gasteiger partial charge in [0, 0.05) is 17.3 Å². The Morgan fingerprint density at radius 2 is 2.17 bits per heavy atom. The lowest BCUT2D eigenvalue weighted by Crippen LogP contribution is -2.36. The summed E-state index contributed by atoms with van der Waals surface area (Å²) in [6.45, 7) is -0.517. The molecule has 0 heterocycles. The van der Waals surface area contributed by atoms with Gasteiger partial charge in [-0.15, -0.1) is 0 Å². The van der Waals surface area contributed by atoms with Crippen molar-refractivity contribution in [3.63, 3.8) is 0 Å². The summed E-state index contributed by atoms with van der Waals surface area (Å²) >= 11 is 5.73. The van der Waals surface area contributed by atoms with Gasteiger partial charge in [0.2, 0.25) is 5.91 Å². The van der Waals surface area contributed by atoms with E-state index in [9.17, 15) is 13.6 Å². The molecule has 0 aliphatic heterocycles. The zero-order valence-electron chi connectivity index (χ0n) is 9.37. The van der Waals surface area contributed by atoms with Crippen molar-refractivity contribution in [2.45, 2.75) is 12.5 Å². The van der Waals surface area contributed by atoms with E-state index in [4.69, 9.17) is 16.7 Å². The molecule has 0 aliphatic carbocycles. The molecule has 0 saturated carbocycles. The van der Waals surface area contributed by atoms with Crippen LogP contribution >= 0.6 is 11.6 Å². The van der Waals surface area contributed by atoms with Crippen LogP contribution in [0.4, 0.5) is 14.5 Å². The first-order valence-electron chi connectivity index (χ1n) is 5.21. The standard InChI is InChI=1S/C11H13ClF2N2O2/c12-7-2-1-3-8(4-7)16-10(18)6-15-5-9(17)11(13)14/h1-4,9,11,15,17H,5-6H2,(H,16,18). The summed E-state index contributed by atoms with van der Waals surface area (Å²) in [6, 6.07) is 6.55. The number of hydrogen-bond donors (Lipinski definition) is 3. The number of nitrogens with one attached hydrogen (secondary N) is 2. The summed E-state index contributed by atoms with van der Waals surface area (Å²) in [4.78, 5) is 11.4. The zero-order valence-corrected chi connectivity index (χ0v) is 10.1. The van der Waals surface area contributed by atoms with Crippen LogP contribution in [0.3, 0.4) is 0 Å². The molecule has 1 aromatic rings. The van der Waals surface area contributed by atoms with Crippen LogP contribution in [-0.4, -0.2) is 36.6 Å². The SMILES string of the molecule is O=C(CNCC(O)C(F)F)Nc1cccc(Cl)c1. The number of carbonyl (C=O) groups is 1. The number of benzene rings is 1. The van der Waals surface area contributed by atoms with Gasteiger partial charge in [0.25, 0.3) is 6.43 Å². The van der Waals surface area contributed by atoms with Crippen molar-refractivity contribution >= 4 is 23.2 Å². The molecule has 0 bridgehead atoms. The van der Waals surface area contributed by atoms with Crippen LogP contribution in [0.15, 0.2) is 24.3 Å². The van der Waals surface area contributed by atoms with E-state index in [1.807, 2.05) is 0 Å². The summed E-state index contributed by atoms with van der Waals surface area (Å²) in [5, 5.41) is 14.2. The van der Waals surface area contributed by atoms with Crippen molar-refractivity contribution in [1.82, 2.24) is 5.32 Å². The zero-order chi connectivity index (χ0) is 13.5. The number of aliphatic hydroxyl groups is 1. The topological polar surface area (TPSA) is 61.4 Å². The highest BCUT2D eigenvalue weighted by molar-refractivity contribution is 6.30. The first kappa shape index (κ1) is 14.8. The number of alkyl halides is 2. The van der Waals surface area contributed by atoms with Crippen LogP contribution in [-0.2, 0) is 4.79 Å². The van der Waals surface area contributed by atoms with Gasteiger partial charge in [-0.25, -0.2) is 8.78 Å². The molecule has 100 valence electrons. The molecule has 0 spiro atoms. The second-order valence-corrected chi connectivity index (χ2v) is 4.03. The van der Waals surface area contributed by atoms with Crippen LogP contribution in [0.2, 0.25) is 5.02 Å². The van der Waals surface area contributed by atoms with Gasteiger partial charge in [0.1, 0.15) is 6.10 Å². The van der Waals surface area contributed by atoms with Gasteiger partial charge in [-0.1, -0.05) is 17.7 Å². The minimum absolute atomic E-state index is 0.170. The number of anilines is 1. The maximum absolute atomic E-state index is 11.9. The number of rotatable bonds is 6. The summed E-state index contributed by atoms with van der Waals surface area (Å²) in [6.07, 6.45) is -4.60. The molecule has 7 heteroatoms. The smallest absolute Gasteiger partial charge is 0.265 e. The Morgan fingerprint density at radius 3 is 2.78 bits per heavy atom. The van der Waals surface area contributed by atoms with Gasteiger partial charge < -0.3 is 15.7 Å². The maximum atomic E-state index is 11.9. The normalized spacial score (nSPS) is 12.5. The lowest BCUT2D eigenvalue weighted by Gasteiger charge is -2.10. The van der Waals surface area contributed by atoms with Crippen molar-refractivity contribution in [2.24, 2.45) is 0 Å². The van der Waals surface area contributed by atoms with Crippen LogP contribution in [0, 0.1) is 0 Å². The van der Waals surface area contributed by atoms with Crippen molar-refractivity contribution in [3.05, 3.63) is 29.3 Å². The van der Waals surface area contributed by atoms with Crippen LogP contribution < -0.4 is 10.6 Å². The maximum Gasteiger partial charge on any atom is 0.265 e. The molecular weight excluding hydrogens is 266 g/mol. The van der Waals surface area contributed by atoms with Crippen molar-refractivity contribution in [1.29, 1.82) is 0 Å². The van der Waals surface area contributed by atoms with Crippen LogP contribution in [0.5, 0.6) is 0 Å². The van der Waals surface area contributed by atoms with Gasteiger partial charge in [0.05, 0.1) is 6.54 Å². The third kappa shape index (κ3) is 5.39. The predicted molar refractivity (Wildman–Crippen MR) is 65.0 cm³/mol. The molecule has 18 heavy (non-hydrogen) atoms. The summed E-state index contributed by atoms with van der Waals surface area (Å²) in [5.74, 6) is -0.404. The van der Waals surface area contributed by atoms with Crippen molar-refractivity contribution in [3.8, 4) is 0 Å². The molecule has 0 saturated heterocycles. The molecule has 4 nitrogen and oxygen atoms in total. The minimum atomic E-state index is -2.83. The molecule has 3 N–H and O–H groups in total. The highest BCUT2D eigenvalue weighted by Crippen LogP contribution is 2.14. The van der Waals surface area contributed by atoms with E-state index < -0.39 is 18.4 Å². The molecule has 1 rings (SSSR count). The lowest BCUT2D eigenvalue weighted by atomic mass is 10.3. The Balaban J connectivity index is 2.30. The Kier molecular flexibility index (Phi) is 5.97. The molecule has 1 amide bonds. The van der Waals surface area contributed by atoms with E-state index in [0.717, 1.165) is 0 Å². The summed E-state index contributed by atoms with van der Waals surface area (Å²) in [7, 11) is 0. The quantitative estimate of drug-likeness (QED) is 0.739. The number of hydrogen-bond acceptors (Lipinski definition) is 3. The van der Waals surface area contributed by atoms with Crippen LogP contribution in [0.25, 0.3) is 0 Å². The van der Waals surface area contributed by atoms with E-state index in [1.54, 1.807) is 24.3 Å². The molecule has 1 atom stereocenters. The lowest BCUT2D eigenvalue weighted by molar-refractivity contribution is -0.115. The van der Waals surface area contributed by atoms with E-state index >= 15 is 0 Å². The second-order valence-electron chi connectivity index (χ2n) is 3.59. The fourth-order valence-electron chi connectivity index (χ4n) is 1.19. The number of halogens is 3. The fourth-order valence-corrected chi connectivity index (χ4v) is 1.38. The molecule has 0 aromatic heterocycles. The first-order chi connectivity index (χ1) is 8.49. The Bertz CT molecular complexity index is 404. The predicted octanol–water partition coefficient (Wildman–Crippen LogP) is 1.49. The van der Waals surface area contributed by atoms with Gasteiger partial charge in [0.15, 0.2) is 0 Å². The van der Waals surface area contributed by atoms with Gasteiger partial charge >= 0.3 is 0 Å². The molecule has 1 unspecified atom stereocenters. The summed E-state index contributed by atoms with van der Waals surface area (Å²) in [5.41, 5.74) is 0.517. The third-order valence-electron chi connectivity index (χ3n) is 2.04. The van der Waals surface area contributed by atoms with Gasteiger partial charge in [-0.05, 0) is 18.2 Å². The molecule has 0 radical (unpaired) electrons. The average molecular weight is 279 g/mol. The molecule has 0 aliphatic rings. The Labute approximate surface area is 108 Å². The van der Waals surface area contributed by atoms with Crippen molar-refractivity contribution in [2.75, 3.05) is 18.4 Å². The van der Waals surface area contributed by atoms with E-state index in [1.165, 1.54) is 0 Å². The molecule has 1 aromatic carbocycles.